The molecule has 1 aliphatic rings. The van der Waals surface area contributed by atoms with E-state index in [-0.39, 0.29) is 6.10 Å². The second-order valence-electron chi connectivity index (χ2n) is 0.931. The van der Waals surface area contributed by atoms with Gasteiger partial charge in [-0.15, -0.1) is 11.6 Å². The van der Waals surface area contributed by atoms with Crippen LogP contribution < -0.4 is 0 Å². The van der Waals surface area contributed by atoms with Crippen molar-refractivity contribution in [2.24, 2.45) is 0 Å². The smallest absolute Gasteiger partial charge is 0.0944 e. The lowest BCUT2D eigenvalue weighted by Gasteiger charge is -1.67. The van der Waals surface area contributed by atoms with Crippen molar-refractivity contribution < 1.29 is 7.48 Å². The Kier molecular flexibility index (Phi) is 0.415. The minimum absolute atomic E-state index is 0.353. The molecular formula is C3H5ClO. The van der Waals surface area contributed by atoms with E-state index in [0.717, 1.165) is 0 Å². The number of hydrogen-bond acceptors (Lipinski definition) is 1. The van der Waals surface area contributed by atoms with Crippen molar-refractivity contribution in [2.45, 2.75) is 6.10 Å². The first-order chi connectivity index (χ1) is 3.11. The Morgan fingerprint density at radius 3 is 3.00 bits per heavy atom. The fourth-order valence-corrected chi connectivity index (χ4v) is 0.237. The van der Waals surface area contributed by atoms with Gasteiger partial charge in [-0.2, -0.15) is 0 Å². The van der Waals surface area contributed by atoms with Crippen LogP contribution in [-0.2, 0) is 4.74 Å². The van der Waals surface area contributed by atoms with Crippen molar-refractivity contribution in [1.29, 1.82) is 0 Å². The second kappa shape index (κ2) is 1.15. The van der Waals surface area contributed by atoms with Crippen molar-refractivity contribution in [3.63, 3.8) is 0 Å². The Hall–Kier alpha value is 0.250. The van der Waals surface area contributed by atoms with Crippen molar-refractivity contribution in [2.75, 3.05) is 12.4 Å². The molecule has 0 N–H and O–H groups in total. The van der Waals surface area contributed by atoms with Gasteiger partial charge in [-0.05, 0) is 0 Å². The van der Waals surface area contributed by atoms with Crippen LogP contribution in [0.5, 0.6) is 0 Å². The van der Waals surface area contributed by atoms with Crippen LogP contribution >= 0.6 is 11.6 Å². The Bertz CT molecular complexity index is 75.5. The predicted octanol–water partition coefficient (Wildman–Crippen LogP) is 0.624. The van der Waals surface area contributed by atoms with Crippen LogP contribution in [-0.4, -0.2) is 18.5 Å². The van der Waals surface area contributed by atoms with Gasteiger partial charge in [-0.25, -0.2) is 0 Å². The summed E-state index contributed by atoms with van der Waals surface area (Å²) >= 11 is 5.14. The lowest BCUT2D eigenvalue weighted by Crippen LogP contribution is -1.80. The number of rotatable bonds is 1. The lowest BCUT2D eigenvalue weighted by atomic mass is 10.6. The average molecular weight is 94.5 g/mol. The fourth-order valence-electron chi connectivity index (χ4n) is 0.111. The van der Waals surface area contributed by atoms with Gasteiger partial charge in [0, 0.05) is 2.74 Å². The fraction of sp³-hybridized carbons (Fsp3) is 1.00. The van der Waals surface area contributed by atoms with E-state index < -0.39 is 5.83 Å². The minimum atomic E-state index is -1.64. The summed E-state index contributed by atoms with van der Waals surface area (Å²) in [5.74, 6) is -1.64. The Balaban J connectivity index is 2.36. The number of halogens is 1. The average Bonchev–Trinajstić information content (AvgIpc) is 1.99. The van der Waals surface area contributed by atoms with Crippen LogP contribution in [0.25, 0.3) is 0 Å². The topological polar surface area (TPSA) is 12.5 Å². The summed E-state index contributed by atoms with van der Waals surface area (Å²) in [7, 11) is 0. The standard InChI is InChI=1S/C3H5ClO/c4-1-3-2-5-3/h3H,1-2H2/t3-/m0/s1/i1D2. The summed E-state index contributed by atoms with van der Waals surface area (Å²) < 4.78 is 18.1. The third kappa shape index (κ3) is 0.781. The van der Waals surface area contributed by atoms with Crippen LogP contribution in [0.15, 0.2) is 0 Å². The molecule has 1 rings (SSSR count). The molecule has 1 fully saturated rings. The van der Waals surface area contributed by atoms with Crippen LogP contribution in [0.4, 0.5) is 0 Å². The number of hydrogen-bond donors (Lipinski definition) is 0. The second-order valence-corrected chi connectivity index (χ2v) is 1.15. The molecular weight excluding hydrogens is 87.5 g/mol. The monoisotopic (exact) mass is 94.0 g/mol. The van der Waals surface area contributed by atoms with Gasteiger partial charge in [0.1, 0.15) is 0 Å². The lowest BCUT2D eigenvalue weighted by molar-refractivity contribution is 0.425. The maximum Gasteiger partial charge on any atom is 0.0944 e. The van der Waals surface area contributed by atoms with Gasteiger partial charge < -0.3 is 4.74 Å². The van der Waals surface area contributed by atoms with E-state index in [1.54, 1.807) is 0 Å². The van der Waals surface area contributed by atoms with E-state index in [2.05, 4.69) is 4.74 Å². The summed E-state index contributed by atoms with van der Waals surface area (Å²) in [4.78, 5) is 0. The van der Waals surface area contributed by atoms with Crippen molar-refractivity contribution in [1.82, 2.24) is 0 Å². The van der Waals surface area contributed by atoms with E-state index in [1.165, 1.54) is 0 Å². The van der Waals surface area contributed by atoms with E-state index in [1.807, 2.05) is 0 Å². The molecule has 1 heterocycles. The van der Waals surface area contributed by atoms with Crippen molar-refractivity contribution >= 4 is 11.6 Å². The summed E-state index contributed by atoms with van der Waals surface area (Å²) in [6.07, 6.45) is -0.353. The molecule has 0 radical (unpaired) electrons. The Labute approximate surface area is 38.7 Å². The summed E-state index contributed by atoms with van der Waals surface area (Å²) in [5.41, 5.74) is 0. The first-order valence-electron chi connectivity index (χ1n) is 2.41. The zero-order valence-corrected chi connectivity index (χ0v) is 3.33. The Morgan fingerprint density at radius 2 is 3.00 bits per heavy atom. The molecule has 0 aromatic carbocycles. The maximum absolute atomic E-state index is 6.76. The zero-order valence-electron chi connectivity index (χ0n) is 4.57. The molecule has 5 heavy (non-hydrogen) atoms. The van der Waals surface area contributed by atoms with Gasteiger partial charge in [-0.1, -0.05) is 0 Å². The zero-order chi connectivity index (χ0) is 5.49. The predicted molar refractivity (Wildman–Crippen MR) is 20.5 cm³/mol. The highest BCUT2D eigenvalue weighted by atomic mass is 35.5. The van der Waals surface area contributed by atoms with Gasteiger partial charge in [0.05, 0.1) is 18.5 Å². The van der Waals surface area contributed by atoms with Gasteiger partial charge in [0.2, 0.25) is 0 Å². The number of ether oxygens (including phenoxy) is 1. The molecule has 0 aromatic rings. The SMILES string of the molecule is [2H]C([2H])(Cl)[C@H]1CO1. The maximum atomic E-state index is 6.76. The molecule has 1 nitrogen and oxygen atoms in total. The van der Waals surface area contributed by atoms with E-state index >= 15 is 0 Å². The first kappa shape index (κ1) is 1.80. The van der Waals surface area contributed by atoms with Crippen LogP contribution in [0, 0.1) is 0 Å². The van der Waals surface area contributed by atoms with E-state index in [9.17, 15) is 0 Å². The van der Waals surface area contributed by atoms with Crippen molar-refractivity contribution in [3.05, 3.63) is 0 Å². The molecule has 1 saturated heterocycles. The number of alkyl halides is 1. The molecule has 1 atom stereocenters. The molecule has 1 aliphatic heterocycles. The molecule has 0 saturated carbocycles. The third-order valence-electron chi connectivity index (χ3n) is 0.455. The quantitative estimate of drug-likeness (QED) is 0.343. The Morgan fingerprint density at radius 1 is 2.40 bits per heavy atom. The van der Waals surface area contributed by atoms with Crippen LogP contribution in [0.1, 0.15) is 2.74 Å². The largest absolute Gasteiger partial charge is 0.372 e. The highest BCUT2D eigenvalue weighted by Gasteiger charge is 2.19. The van der Waals surface area contributed by atoms with E-state index in [4.69, 9.17) is 14.3 Å². The van der Waals surface area contributed by atoms with Crippen LogP contribution in [0.3, 0.4) is 0 Å². The number of epoxide rings is 1. The summed E-state index contributed by atoms with van der Waals surface area (Å²) in [6, 6.07) is 0. The minimum Gasteiger partial charge on any atom is -0.372 e. The molecule has 0 spiro atoms. The summed E-state index contributed by atoms with van der Waals surface area (Å²) in [6.45, 7) is 0.469. The van der Waals surface area contributed by atoms with Gasteiger partial charge >= 0.3 is 0 Å². The van der Waals surface area contributed by atoms with Crippen molar-refractivity contribution in [3.8, 4) is 0 Å². The summed E-state index contributed by atoms with van der Waals surface area (Å²) in [5, 5.41) is 0. The highest BCUT2D eigenvalue weighted by Crippen LogP contribution is 2.08. The third-order valence-corrected chi connectivity index (χ3v) is 0.698. The van der Waals surface area contributed by atoms with Gasteiger partial charge in [0.15, 0.2) is 0 Å². The molecule has 2 heteroatoms. The van der Waals surface area contributed by atoms with Crippen LogP contribution in [0.2, 0.25) is 0 Å². The molecule has 0 unspecified atom stereocenters. The molecule has 0 aromatic heterocycles. The molecule has 30 valence electrons. The first-order valence-corrected chi connectivity index (χ1v) is 1.79. The molecule has 0 bridgehead atoms. The highest BCUT2D eigenvalue weighted by molar-refractivity contribution is 6.18. The van der Waals surface area contributed by atoms with Gasteiger partial charge in [0.25, 0.3) is 0 Å². The van der Waals surface area contributed by atoms with E-state index in [0.29, 0.717) is 6.61 Å². The molecule has 0 amide bonds. The molecule has 0 aliphatic carbocycles. The van der Waals surface area contributed by atoms with Gasteiger partial charge in [-0.3, -0.25) is 0 Å². The normalized spacial score (nSPS) is 43.0.